The number of nitrogens with zero attached hydrogens (tertiary/aromatic N) is 1. The summed E-state index contributed by atoms with van der Waals surface area (Å²) in [6, 6.07) is 0. The fourth-order valence-electron chi connectivity index (χ4n) is 1.30. The van der Waals surface area contributed by atoms with Gasteiger partial charge in [0.25, 0.3) is 0 Å². The van der Waals surface area contributed by atoms with Gasteiger partial charge in [-0.15, -0.1) is 11.3 Å². The molecule has 0 aliphatic carbocycles. The molecular weight excluding hydrogens is 294 g/mol. The molecule has 0 saturated carbocycles. The van der Waals surface area contributed by atoms with Crippen molar-refractivity contribution in [3.63, 3.8) is 0 Å². The van der Waals surface area contributed by atoms with Crippen molar-refractivity contribution in [2.24, 2.45) is 0 Å². The summed E-state index contributed by atoms with van der Waals surface area (Å²) in [5, 5.41) is 16.9. The molecular formula is C10H10BrNOS2. The molecule has 0 fully saturated rings. The summed E-state index contributed by atoms with van der Waals surface area (Å²) in [6.07, 6.45) is 0.129. The lowest BCUT2D eigenvalue weighted by molar-refractivity contribution is 0.178. The van der Waals surface area contributed by atoms with Gasteiger partial charge in [0, 0.05) is 32.9 Å². The van der Waals surface area contributed by atoms with Crippen LogP contribution in [0.5, 0.6) is 0 Å². The molecule has 0 amide bonds. The number of thiazole rings is 1. The fourth-order valence-corrected chi connectivity index (χ4v) is 3.72. The summed E-state index contributed by atoms with van der Waals surface area (Å²) in [5.41, 5.74) is 1.97. The average Bonchev–Trinajstić information content (AvgIpc) is 2.75. The maximum atomic E-state index is 10.00. The van der Waals surface area contributed by atoms with E-state index in [0.717, 1.165) is 20.7 Å². The summed E-state index contributed by atoms with van der Waals surface area (Å²) in [6.45, 7) is 1.97. The van der Waals surface area contributed by atoms with E-state index in [1.165, 1.54) is 0 Å². The number of hydrogen-bond donors (Lipinski definition) is 1. The number of rotatable bonds is 3. The predicted molar refractivity (Wildman–Crippen MR) is 67.5 cm³/mol. The third kappa shape index (κ3) is 2.66. The van der Waals surface area contributed by atoms with Gasteiger partial charge in [-0.3, -0.25) is 0 Å². The SMILES string of the molecule is Cc1csc(CC(O)c2cscc2Br)n1. The molecule has 5 heteroatoms. The van der Waals surface area contributed by atoms with E-state index in [1.54, 1.807) is 22.7 Å². The second kappa shape index (κ2) is 4.74. The Bertz CT molecular complexity index is 452. The van der Waals surface area contributed by atoms with Crippen molar-refractivity contribution in [3.05, 3.63) is 36.9 Å². The molecule has 0 aliphatic rings. The van der Waals surface area contributed by atoms with Crippen molar-refractivity contribution in [1.29, 1.82) is 0 Å². The standard InChI is InChI=1S/C10H10BrNOS2/c1-6-3-15-10(12-6)2-9(13)7-4-14-5-8(7)11/h3-5,9,13H,2H2,1H3. The second-order valence-electron chi connectivity index (χ2n) is 3.28. The van der Waals surface area contributed by atoms with Crippen molar-refractivity contribution < 1.29 is 5.11 Å². The van der Waals surface area contributed by atoms with E-state index in [1.807, 2.05) is 23.1 Å². The van der Waals surface area contributed by atoms with Gasteiger partial charge < -0.3 is 5.11 Å². The second-order valence-corrected chi connectivity index (χ2v) is 5.82. The van der Waals surface area contributed by atoms with E-state index in [0.29, 0.717) is 6.42 Å². The summed E-state index contributed by atoms with van der Waals surface area (Å²) in [4.78, 5) is 4.34. The Hall–Kier alpha value is -0.230. The molecule has 1 N–H and O–H groups in total. The third-order valence-electron chi connectivity index (χ3n) is 2.04. The molecule has 2 heterocycles. The van der Waals surface area contributed by atoms with Crippen LogP contribution in [0.4, 0.5) is 0 Å². The van der Waals surface area contributed by atoms with E-state index < -0.39 is 6.10 Å². The zero-order chi connectivity index (χ0) is 10.8. The number of aryl methyl sites for hydroxylation is 1. The van der Waals surface area contributed by atoms with Crippen molar-refractivity contribution in [1.82, 2.24) is 4.98 Å². The van der Waals surface area contributed by atoms with Crippen LogP contribution in [0, 0.1) is 6.92 Å². The van der Waals surface area contributed by atoms with E-state index in [4.69, 9.17) is 0 Å². The van der Waals surface area contributed by atoms with Gasteiger partial charge in [-0.05, 0) is 28.2 Å². The third-order valence-corrected chi connectivity index (χ3v) is 4.78. The predicted octanol–water partition coefficient (Wildman–Crippen LogP) is 3.55. The monoisotopic (exact) mass is 303 g/mol. The first-order chi connectivity index (χ1) is 7.16. The average molecular weight is 304 g/mol. The highest BCUT2D eigenvalue weighted by Crippen LogP contribution is 2.29. The first-order valence-electron chi connectivity index (χ1n) is 4.47. The Morgan fingerprint density at radius 1 is 1.47 bits per heavy atom. The molecule has 80 valence electrons. The zero-order valence-corrected chi connectivity index (χ0v) is 11.3. The first kappa shape index (κ1) is 11.3. The lowest BCUT2D eigenvalue weighted by Crippen LogP contribution is -2.00. The summed E-state index contributed by atoms with van der Waals surface area (Å²) in [7, 11) is 0. The minimum Gasteiger partial charge on any atom is -0.388 e. The van der Waals surface area contributed by atoms with Crippen LogP contribution in [0.2, 0.25) is 0 Å². The minimum atomic E-state index is -0.462. The number of hydrogen-bond acceptors (Lipinski definition) is 4. The number of aliphatic hydroxyl groups is 1. The molecule has 1 unspecified atom stereocenters. The van der Waals surface area contributed by atoms with E-state index in [-0.39, 0.29) is 0 Å². The van der Waals surface area contributed by atoms with Crippen LogP contribution in [0.15, 0.2) is 20.6 Å². The molecule has 0 bridgehead atoms. The summed E-state index contributed by atoms with van der Waals surface area (Å²) >= 11 is 6.60. The molecule has 0 spiro atoms. The molecule has 15 heavy (non-hydrogen) atoms. The van der Waals surface area contributed by atoms with Crippen molar-refractivity contribution in [2.45, 2.75) is 19.4 Å². The Morgan fingerprint density at radius 2 is 2.27 bits per heavy atom. The number of aliphatic hydroxyl groups excluding tert-OH is 1. The quantitative estimate of drug-likeness (QED) is 0.940. The van der Waals surface area contributed by atoms with E-state index in [2.05, 4.69) is 20.9 Å². The highest BCUT2D eigenvalue weighted by atomic mass is 79.9. The zero-order valence-electron chi connectivity index (χ0n) is 8.11. The Morgan fingerprint density at radius 3 is 2.80 bits per heavy atom. The Balaban J connectivity index is 2.10. The summed E-state index contributed by atoms with van der Waals surface area (Å²) < 4.78 is 0.980. The molecule has 0 aromatic carbocycles. The van der Waals surface area contributed by atoms with Gasteiger partial charge in [-0.2, -0.15) is 11.3 Å². The van der Waals surface area contributed by atoms with Crippen molar-refractivity contribution in [3.8, 4) is 0 Å². The lowest BCUT2D eigenvalue weighted by Gasteiger charge is -2.07. The molecule has 2 aromatic rings. The van der Waals surface area contributed by atoms with Crippen molar-refractivity contribution >= 4 is 38.6 Å². The van der Waals surface area contributed by atoms with Gasteiger partial charge >= 0.3 is 0 Å². The molecule has 0 aliphatic heterocycles. The van der Waals surface area contributed by atoms with Crippen LogP contribution in [-0.4, -0.2) is 10.1 Å². The molecule has 1 atom stereocenters. The molecule has 2 rings (SSSR count). The Kier molecular flexibility index (Phi) is 3.56. The number of aromatic nitrogens is 1. The van der Waals surface area contributed by atoms with Gasteiger partial charge in [-0.1, -0.05) is 0 Å². The van der Waals surface area contributed by atoms with Gasteiger partial charge in [0.1, 0.15) is 0 Å². The molecule has 0 saturated heterocycles. The number of halogens is 1. The van der Waals surface area contributed by atoms with Crippen LogP contribution in [0.3, 0.4) is 0 Å². The highest BCUT2D eigenvalue weighted by molar-refractivity contribution is 9.10. The fraction of sp³-hybridized carbons (Fsp3) is 0.300. The normalized spacial score (nSPS) is 13.0. The minimum absolute atomic E-state index is 0.462. The molecule has 2 nitrogen and oxygen atoms in total. The largest absolute Gasteiger partial charge is 0.388 e. The number of thiophene rings is 1. The first-order valence-corrected chi connectivity index (χ1v) is 7.09. The lowest BCUT2D eigenvalue weighted by atomic mass is 10.1. The maximum Gasteiger partial charge on any atom is 0.0957 e. The van der Waals surface area contributed by atoms with E-state index in [9.17, 15) is 5.11 Å². The van der Waals surface area contributed by atoms with Crippen LogP contribution in [0.25, 0.3) is 0 Å². The van der Waals surface area contributed by atoms with E-state index >= 15 is 0 Å². The topological polar surface area (TPSA) is 33.1 Å². The van der Waals surface area contributed by atoms with Crippen LogP contribution in [-0.2, 0) is 6.42 Å². The van der Waals surface area contributed by atoms with Gasteiger partial charge in [0.05, 0.1) is 11.1 Å². The van der Waals surface area contributed by atoms with Gasteiger partial charge in [-0.25, -0.2) is 4.98 Å². The van der Waals surface area contributed by atoms with Crippen molar-refractivity contribution in [2.75, 3.05) is 0 Å². The Labute approximate surface area is 105 Å². The maximum absolute atomic E-state index is 10.00. The van der Waals surface area contributed by atoms with Gasteiger partial charge in [0.15, 0.2) is 0 Å². The van der Waals surface area contributed by atoms with Crippen LogP contribution < -0.4 is 0 Å². The van der Waals surface area contributed by atoms with Crippen LogP contribution >= 0.6 is 38.6 Å². The smallest absolute Gasteiger partial charge is 0.0957 e. The van der Waals surface area contributed by atoms with Gasteiger partial charge in [0.2, 0.25) is 0 Å². The summed E-state index contributed by atoms with van der Waals surface area (Å²) in [5.74, 6) is 0. The van der Waals surface area contributed by atoms with Crippen LogP contribution in [0.1, 0.15) is 22.4 Å². The molecule has 2 aromatic heterocycles. The molecule has 0 radical (unpaired) electrons. The highest BCUT2D eigenvalue weighted by Gasteiger charge is 2.14.